The van der Waals surface area contributed by atoms with Crippen molar-refractivity contribution in [2.24, 2.45) is 5.73 Å². The molecule has 100 valence electrons. The fraction of sp³-hybridized carbons (Fsp3) is 0.400. The zero-order valence-electron chi connectivity index (χ0n) is 9.08. The highest BCUT2D eigenvalue weighted by Gasteiger charge is 2.28. The van der Waals surface area contributed by atoms with Crippen LogP contribution in [0.15, 0.2) is 18.2 Å². The molecular weight excluding hydrogens is 273 g/mol. The number of rotatable bonds is 4. The lowest BCUT2D eigenvalue weighted by molar-refractivity contribution is -0.384. The minimum atomic E-state index is -4.31. The number of nitro groups is 1. The van der Waals surface area contributed by atoms with Gasteiger partial charge in [0.1, 0.15) is 0 Å². The van der Waals surface area contributed by atoms with Crippen molar-refractivity contribution < 1.29 is 18.1 Å². The van der Waals surface area contributed by atoms with Crippen LogP contribution in [0.4, 0.5) is 18.9 Å². The largest absolute Gasteiger partial charge is 0.389 e. The average molecular weight is 283 g/mol. The number of halogens is 4. The first kappa shape index (κ1) is 14.7. The molecule has 2 N–H and O–H groups in total. The van der Waals surface area contributed by atoms with Gasteiger partial charge in [-0.15, -0.1) is 0 Å². The topological polar surface area (TPSA) is 69.2 Å². The van der Waals surface area contributed by atoms with E-state index in [4.69, 9.17) is 17.3 Å². The lowest BCUT2D eigenvalue weighted by atomic mass is 10.0. The van der Waals surface area contributed by atoms with Crippen molar-refractivity contribution in [1.29, 1.82) is 0 Å². The van der Waals surface area contributed by atoms with Crippen LogP contribution in [-0.4, -0.2) is 11.1 Å². The van der Waals surface area contributed by atoms with Gasteiger partial charge in [-0.3, -0.25) is 10.1 Å². The molecule has 1 atom stereocenters. The molecule has 0 amide bonds. The molecule has 0 aliphatic carbocycles. The molecule has 1 aromatic rings. The summed E-state index contributed by atoms with van der Waals surface area (Å²) in [5.74, 6) is 0. The number of nitrogens with zero attached hydrogens (tertiary/aromatic N) is 1. The molecule has 0 bridgehead atoms. The van der Waals surface area contributed by atoms with E-state index < -0.39 is 23.6 Å². The minimum absolute atomic E-state index is 0.121. The van der Waals surface area contributed by atoms with Crippen LogP contribution in [0.25, 0.3) is 0 Å². The summed E-state index contributed by atoms with van der Waals surface area (Å²) in [6, 6.07) is 2.53. The SMILES string of the molecule is N[C@H](CCC(F)(F)F)c1cc([N+](=O)[O-])ccc1Cl. The highest BCUT2D eigenvalue weighted by atomic mass is 35.5. The van der Waals surface area contributed by atoms with Crippen molar-refractivity contribution in [3.05, 3.63) is 38.9 Å². The Balaban J connectivity index is 2.87. The van der Waals surface area contributed by atoms with Crippen molar-refractivity contribution in [3.63, 3.8) is 0 Å². The number of benzene rings is 1. The fourth-order valence-corrected chi connectivity index (χ4v) is 1.66. The molecule has 18 heavy (non-hydrogen) atoms. The minimum Gasteiger partial charge on any atom is -0.324 e. The zero-order valence-corrected chi connectivity index (χ0v) is 9.83. The van der Waals surface area contributed by atoms with Crippen molar-refractivity contribution in [1.82, 2.24) is 0 Å². The molecule has 1 rings (SSSR count). The summed E-state index contributed by atoms with van der Waals surface area (Å²) in [6.07, 6.45) is -5.75. The van der Waals surface area contributed by atoms with Crippen LogP contribution in [-0.2, 0) is 0 Å². The summed E-state index contributed by atoms with van der Waals surface area (Å²) < 4.78 is 36.1. The van der Waals surface area contributed by atoms with E-state index in [9.17, 15) is 23.3 Å². The number of alkyl halides is 3. The highest BCUT2D eigenvalue weighted by Crippen LogP contribution is 2.31. The summed E-state index contributed by atoms with van der Waals surface area (Å²) in [5.41, 5.74) is 5.46. The third kappa shape index (κ3) is 4.15. The molecule has 0 aromatic heterocycles. The maximum atomic E-state index is 12.0. The second kappa shape index (κ2) is 5.53. The summed E-state index contributed by atoms with van der Waals surface area (Å²) >= 11 is 5.76. The van der Waals surface area contributed by atoms with Crippen LogP contribution >= 0.6 is 11.6 Å². The third-order valence-electron chi connectivity index (χ3n) is 2.33. The van der Waals surface area contributed by atoms with Gasteiger partial charge in [0, 0.05) is 29.6 Å². The van der Waals surface area contributed by atoms with E-state index in [0.29, 0.717) is 0 Å². The van der Waals surface area contributed by atoms with Crippen LogP contribution in [0.1, 0.15) is 24.4 Å². The van der Waals surface area contributed by atoms with Gasteiger partial charge in [0.15, 0.2) is 0 Å². The number of non-ortho nitro benzene ring substituents is 1. The van der Waals surface area contributed by atoms with Gasteiger partial charge in [-0.05, 0) is 18.1 Å². The Morgan fingerprint density at radius 2 is 2.06 bits per heavy atom. The molecule has 1 aromatic carbocycles. The Bertz CT molecular complexity index is 451. The second-order valence-corrected chi connectivity index (χ2v) is 4.13. The molecule has 0 radical (unpaired) electrons. The van der Waals surface area contributed by atoms with E-state index in [0.717, 1.165) is 6.07 Å². The van der Waals surface area contributed by atoms with Crippen LogP contribution < -0.4 is 5.73 Å². The van der Waals surface area contributed by atoms with Crippen LogP contribution in [0.2, 0.25) is 5.02 Å². The Hall–Kier alpha value is -1.34. The molecule has 0 heterocycles. The van der Waals surface area contributed by atoms with Gasteiger partial charge >= 0.3 is 6.18 Å². The maximum Gasteiger partial charge on any atom is 0.389 e. The first-order chi connectivity index (χ1) is 8.20. The van der Waals surface area contributed by atoms with Crippen LogP contribution in [0.5, 0.6) is 0 Å². The Morgan fingerprint density at radius 3 is 2.56 bits per heavy atom. The Labute approximate surface area is 106 Å². The fourth-order valence-electron chi connectivity index (χ4n) is 1.40. The number of nitrogens with two attached hydrogens (primary N) is 1. The molecular formula is C10H10ClF3N2O2. The summed E-state index contributed by atoms with van der Waals surface area (Å²) in [4.78, 5) is 9.89. The first-order valence-corrected chi connectivity index (χ1v) is 5.34. The summed E-state index contributed by atoms with van der Waals surface area (Å²) in [5, 5.41) is 10.7. The van der Waals surface area contributed by atoms with E-state index in [2.05, 4.69) is 0 Å². The van der Waals surface area contributed by atoms with Gasteiger partial charge in [-0.1, -0.05) is 11.6 Å². The molecule has 0 fully saturated rings. The standard InChI is InChI=1S/C10H10ClF3N2O2/c11-8-2-1-6(16(17)18)5-7(8)9(15)3-4-10(12,13)14/h1-2,5,9H,3-4,15H2/t9-/m1/s1. The van der Waals surface area contributed by atoms with Crippen molar-refractivity contribution in [3.8, 4) is 0 Å². The normalized spacial score (nSPS) is 13.4. The second-order valence-electron chi connectivity index (χ2n) is 3.72. The number of nitro benzene ring substituents is 1. The van der Waals surface area contributed by atoms with Gasteiger partial charge in [-0.25, -0.2) is 0 Å². The van der Waals surface area contributed by atoms with Gasteiger partial charge in [0.25, 0.3) is 5.69 Å². The molecule has 0 saturated heterocycles. The summed E-state index contributed by atoms with van der Waals surface area (Å²) in [7, 11) is 0. The molecule has 4 nitrogen and oxygen atoms in total. The van der Waals surface area contributed by atoms with E-state index in [1.165, 1.54) is 12.1 Å². The number of hydrogen-bond donors (Lipinski definition) is 1. The zero-order chi connectivity index (χ0) is 13.9. The highest BCUT2D eigenvalue weighted by molar-refractivity contribution is 6.31. The first-order valence-electron chi connectivity index (χ1n) is 4.97. The number of hydrogen-bond acceptors (Lipinski definition) is 3. The lowest BCUT2D eigenvalue weighted by Gasteiger charge is -2.14. The average Bonchev–Trinajstić information content (AvgIpc) is 2.25. The van der Waals surface area contributed by atoms with Gasteiger partial charge in [0.05, 0.1) is 4.92 Å². The molecule has 0 saturated carbocycles. The molecule has 0 unspecified atom stereocenters. The predicted octanol–water partition coefficient (Wildman–Crippen LogP) is 3.59. The monoisotopic (exact) mass is 282 g/mol. The van der Waals surface area contributed by atoms with E-state index in [-0.39, 0.29) is 22.7 Å². The molecule has 0 spiro atoms. The van der Waals surface area contributed by atoms with Crippen molar-refractivity contribution >= 4 is 17.3 Å². The van der Waals surface area contributed by atoms with Crippen LogP contribution in [0.3, 0.4) is 0 Å². The van der Waals surface area contributed by atoms with Gasteiger partial charge in [-0.2, -0.15) is 13.2 Å². The van der Waals surface area contributed by atoms with Crippen molar-refractivity contribution in [2.75, 3.05) is 0 Å². The van der Waals surface area contributed by atoms with Crippen LogP contribution in [0, 0.1) is 10.1 Å². The molecule has 0 aliphatic heterocycles. The van der Waals surface area contributed by atoms with Gasteiger partial charge in [0.2, 0.25) is 0 Å². The predicted molar refractivity (Wildman–Crippen MR) is 60.3 cm³/mol. The quantitative estimate of drug-likeness (QED) is 0.678. The third-order valence-corrected chi connectivity index (χ3v) is 2.67. The summed E-state index contributed by atoms with van der Waals surface area (Å²) in [6.45, 7) is 0. The molecule has 0 aliphatic rings. The molecule has 8 heteroatoms. The van der Waals surface area contributed by atoms with Crippen molar-refractivity contribution in [2.45, 2.75) is 25.1 Å². The Morgan fingerprint density at radius 1 is 1.44 bits per heavy atom. The smallest absolute Gasteiger partial charge is 0.324 e. The lowest BCUT2D eigenvalue weighted by Crippen LogP contribution is -2.16. The van der Waals surface area contributed by atoms with E-state index >= 15 is 0 Å². The van der Waals surface area contributed by atoms with E-state index in [1.807, 2.05) is 0 Å². The maximum absolute atomic E-state index is 12.0. The van der Waals surface area contributed by atoms with E-state index in [1.54, 1.807) is 0 Å². The Kier molecular flexibility index (Phi) is 4.53. The van der Waals surface area contributed by atoms with Gasteiger partial charge < -0.3 is 5.73 Å².